The van der Waals surface area contributed by atoms with Crippen LogP contribution in [-0.4, -0.2) is 5.38 Å². The molecule has 0 N–H and O–H groups in total. The Hall–Kier alpha value is -0.200. The van der Waals surface area contributed by atoms with Gasteiger partial charge in [-0.05, 0) is 49.8 Å². The first-order valence-electron chi connectivity index (χ1n) is 5.52. The molecular formula is C13H18Cl2. The highest BCUT2D eigenvalue weighted by Crippen LogP contribution is 2.20. The summed E-state index contributed by atoms with van der Waals surface area (Å²) in [5, 5.41) is 1.20. The molecule has 0 bridgehead atoms. The molecule has 0 saturated heterocycles. The summed E-state index contributed by atoms with van der Waals surface area (Å²) < 4.78 is 0. The number of hydrogen-bond donors (Lipinski definition) is 0. The predicted molar refractivity (Wildman–Crippen MR) is 69.1 cm³/mol. The highest BCUT2D eigenvalue weighted by atomic mass is 35.5. The van der Waals surface area contributed by atoms with E-state index < -0.39 is 0 Å². The van der Waals surface area contributed by atoms with Crippen LogP contribution in [0.4, 0.5) is 0 Å². The van der Waals surface area contributed by atoms with Gasteiger partial charge in [0.25, 0.3) is 0 Å². The van der Waals surface area contributed by atoms with Crippen molar-refractivity contribution in [2.45, 2.75) is 44.9 Å². The third-order valence-corrected chi connectivity index (χ3v) is 3.49. The van der Waals surface area contributed by atoms with Crippen molar-refractivity contribution >= 4 is 23.2 Å². The van der Waals surface area contributed by atoms with Gasteiger partial charge in [0.15, 0.2) is 0 Å². The van der Waals surface area contributed by atoms with Gasteiger partial charge in [-0.2, -0.15) is 0 Å². The van der Waals surface area contributed by atoms with E-state index in [2.05, 4.69) is 26.0 Å². The van der Waals surface area contributed by atoms with Crippen LogP contribution in [0.1, 0.15) is 37.3 Å². The fraction of sp³-hybridized carbons (Fsp3) is 0.538. The Morgan fingerprint density at radius 2 is 2.07 bits per heavy atom. The zero-order valence-electron chi connectivity index (χ0n) is 9.39. The number of halogens is 2. The number of benzene rings is 1. The van der Waals surface area contributed by atoms with E-state index in [4.69, 9.17) is 23.2 Å². The molecule has 1 rings (SSSR count). The molecule has 0 nitrogen and oxygen atoms in total. The molecule has 0 aliphatic rings. The summed E-state index contributed by atoms with van der Waals surface area (Å²) in [7, 11) is 0. The van der Waals surface area contributed by atoms with Crippen LogP contribution in [0.5, 0.6) is 0 Å². The summed E-state index contributed by atoms with van der Waals surface area (Å²) in [6.45, 7) is 4.18. The predicted octanol–water partition coefficient (Wildman–Crippen LogP) is 4.99. The minimum atomic E-state index is 0.314. The summed E-state index contributed by atoms with van der Waals surface area (Å²) in [4.78, 5) is 0. The molecule has 1 aromatic carbocycles. The second-order valence-electron chi connectivity index (χ2n) is 3.99. The van der Waals surface area contributed by atoms with Gasteiger partial charge in [-0.1, -0.05) is 30.7 Å². The molecule has 0 fully saturated rings. The van der Waals surface area contributed by atoms with Gasteiger partial charge in [0.1, 0.15) is 0 Å². The summed E-state index contributed by atoms with van der Waals surface area (Å²) in [6.07, 6.45) is 4.26. The number of alkyl halides is 1. The largest absolute Gasteiger partial charge is 0.123 e. The van der Waals surface area contributed by atoms with Crippen molar-refractivity contribution in [3.63, 3.8) is 0 Å². The maximum atomic E-state index is 6.15. The van der Waals surface area contributed by atoms with Crippen molar-refractivity contribution in [3.8, 4) is 0 Å². The number of aryl methyl sites for hydroxylation is 2. The minimum absolute atomic E-state index is 0.314. The lowest BCUT2D eigenvalue weighted by molar-refractivity contribution is 0.675. The first kappa shape index (κ1) is 12.9. The maximum Gasteiger partial charge on any atom is 0.0440 e. The van der Waals surface area contributed by atoms with E-state index in [0.29, 0.717) is 5.38 Å². The van der Waals surface area contributed by atoms with Crippen LogP contribution in [-0.2, 0) is 6.42 Å². The zero-order valence-corrected chi connectivity index (χ0v) is 10.9. The molecule has 1 aromatic rings. The van der Waals surface area contributed by atoms with Crippen molar-refractivity contribution in [1.82, 2.24) is 0 Å². The smallest absolute Gasteiger partial charge is 0.0440 e. The summed E-state index contributed by atoms with van der Waals surface area (Å²) in [6, 6.07) is 6.25. The normalized spacial score (nSPS) is 12.8. The number of hydrogen-bond acceptors (Lipinski definition) is 0. The Morgan fingerprint density at radius 3 is 2.67 bits per heavy atom. The molecular weight excluding hydrogens is 227 g/mol. The van der Waals surface area contributed by atoms with E-state index in [1.807, 2.05) is 6.07 Å². The molecule has 0 saturated carbocycles. The molecule has 0 spiro atoms. The van der Waals surface area contributed by atoms with Gasteiger partial charge in [0.2, 0.25) is 0 Å². The first-order valence-corrected chi connectivity index (χ1v) is 6.34. The SMILES string of the molecule is CCC(Cl)CCCc1ccc(C)cc1Cl. The molecule has 0 aliphatic heterocycles. The van der Waals surface area contributed by atoms with E-state index in [9.17, 15) is 0 Å². The summed E-state index contributed by atoms with van der Waals surface area (Å²) in [5.74, 6) is 0. The van der Waals surface area contributed by atoms with E-state index in [-0.39, 0.29) is 0 Å². The molecule has 0 aromatic heterocycles. The van der Waals surface area contributed by atoms with E-state index in [0.717, 1.165) is 30.7 Å². The monoisotopic (exact) mass is 244 g/mol. The quantitative estimate of drug-likeness (QED) is 0.641. The Bertz CT molecular complexity index is 307. The lowest BCUT2D eigenvalue weighted by Crippen LogP contribution is -1.97. The zero-order chi connectivity index (χ0) is 11.3. The van der Waals surface area contributed by atoms with Gasteiger partial charge >= 0.3 is 0 Å². The van der Waals surface area contributed by atoms with Crippen molar-refractivity contribution in [1.29, 1.82) is 0 Å². The van der Waals surface area contributed by atoms with Gasteiger partial charge in [-0.25, -0.2) is 0 Å². The van der Waals surface area contributed by atoms with Crippen LogP contribution >= 0.6 is 23.2 Å². The summed E-state index contributed by atoms with van der Waals surface area (Å²) in [5.41, 5.74) is 2.45. The molecule has 1 unspecified atom stereocenters. The standard InChI is InChI=1S/C13H18Cl2/c1-3-12(14)6-4-5-11-8-7-10(2)9-13(11)15/h7-9,12H,3-6H2,1-2H3. The second-order valence-corrected chi connectivity index (χ2v) is 5.02. The second kappa shape index (κ2) is 6.40. The van der Waals surface area contributed by atoms with Gasteiger partial charge in [-0.3, -0.25) is 0 Å². The maximum absolute atomic E-state index is 6.15. The van der Waals surface area contributed by atoms with Crippen molar-refractivity contribution in [3.05, 3.63) is 34.3 Å². The molecule has 2 heteroatoms. The Balaban J connectivity index is 2.44. The molecule has 15 heavy (non-hydrogen) atoms. The average molecular weight is 245 g/mol. The van der Waals surface area contributed by atoms with Crippen LogP contribution in [0.25, 0.3) is 0 Å². The van der Waals surface area contributed by atoms with E-state index >= 15 is 0 Å². The highest BCUT2D eigenvalue weighted by Gasteiger charge is 2.03. The van der Waals surface area contributed by atoms with Gasteiger partial charge in [0, 0.05) is 10.4 Å². The van der Waals surface area contributed by atoms with Crippen LogP contribution in [0.2, 0.25) is 5.02 Å². The molecule has 1 atom stereocenters. The summed E-state index contributed by atoms with van der Waals surface area (Å²) >= 11 is 12.2. The highest BCUT2D eigenvalue weighted by molar-refractivity contribution is 6.31. The van der Waals surface area contributed by atoms with Gasteiger partial charge in [0.05, 0.1) is 0 Å². The van der Waals surface area contributed by atoms with Crippen LogP contribution in [0.15, 0.2) is 18.2 Å². The third kappa shape index (κ3) is 4.44. The lowest BCUT2D eigenvalue weighted by atomic mass is 10.0. The third-order valence-electron chi connectivity index (χ3n) is 2.62. The fourth-order valence-corrected chi connectivity index (χ4v) is 2.06. The Kier molecular flexibility index (Phi) is 5.49. The number of rotatable bonds is 5. The Morgan fingerprint density at radius 1 is 1.33 bits per heavy atom. The van der Waals surface area contributed by atoms with Gasteiger partial charge in [-0.15, -0.1) is 11.6 Å². The molecule has 0 radical (unpaired) electrons. The molecule has 0 amide bonds. The van der Waals surface area contributed by atoms with Crippen LogP contribution in [0.3, 0.4) is 0 Å². The van der Waals surface area contributed by atoms with Crippen molar-refractivity contribution in [2.24, 2.45) is 0 Å². The van der Waals surface area contributed by atoms with Crippen LogP contribution < -0.4 is 0 Å². The average Bonchev–Trinajstić information content (AvgIpc) is 2.21. The molecule has 0 heterocycles. The van der Waals surface area contributed by atoms with E-state index in [1.54, 1.807) is 0 Å². The lowest BCUT2D eigenvalue weighted by Gasteiger charge is -2.07. The van der Waals surface area contributed by atoms with Crippen LogP contribution in [0, 0.1) is 6.92 Å². The first-order chi connectivity index (χ1) is 7.13. The Labute approximate surface area is 103 Å². The van der Waals surface area contributed by atoms with Crippen molar-refractivity contribution < 1.29 is 0 Å². The topological polar surface area (TPSA) is 0 Å². The fourth-order valence-electron chi connectivity index (χ4n) is 1.57. The minimum Gasteiger partial charge on any atom is -0.123 e. The molecule has 84 valence electrons. The van der Waals surface area contributed by atoms with Crippen molar-refractivity contribution in [2.75, 3.05) is 0 Å². The van der Waals surface area contributed by atoms with Gasteiger partial charge < -0.3 is 0 Å². The van der Waals surface area contributed by atoms with E-state index in [1.165, 1.54) is 11.1 Å². The molecule has 0 aliphatic carbocycles.